The summed E-state index contributed by atoms with van der Waals surface area (Å²) in [4.78, 5) is 28.9. The van der Waals surface area contributed by atoms with Crippen LogP contribution in [0.15, 0.2) is 77.7 Å². The predicted molar refractivity (Wildman–Crippen MR) is 159 cm³/mol. The van der Waals surface area contributed by atoms with Crippen molar-refractivity contribution in [2.24, 2.45) is 0 Å². The van der Waals surface area contributed by atoms with E-state index in [0.29, 0.717) is 16.3 Å². The van der Waals surface area contributed by atoms with Crippen LogP contribution in [0.1, 0.15) is 49.3 Å². The summed E-state index contributed by atoms with van der Waals surface area (Å²) in [6.45, 7) is 5.10. The molecule has 1 saturated carbocycles. The smallest absolute Gasteiger partial charge is 0.264 e. The number of carbonyl (C=O) groups excluding carboxylic acids is 2. The first-order valence-corrected chi connectivity index (χ1v) is 15.4. The van der Waals surface area contributed by atoms with Gasteiger partial charge in [-0.05, 0) is 69.0 Å². The summed E-state index contributed by atoms with van der Waals surface area (Å²) >= 11 is 6.28. The summed E-state index contributed by atoms with van der Waals surface area (Å²) in [5.41, 5.74) is 2.87. The van der Waals surface area contributed by atoms with Crippen LogP contribution in [-0.4, -0.2) is 43.8 Å². The van der Waals surface area contributed by atoms with E-state index in [-0.39, 0.29) is 23.4 Å². The molecule has 0 radical (unpaired) electrons. The second-order valence-electron chi connectivity index (χ2n) is 10.4. The summed E-state index contributed by atoms with van der Waals surface area (Å²) in [7, 11) is -4.14. The minimum absolute atomic E-state index is 0.0549. The molecule has 1 N–H and O–H groups in total. The molecule has 0 saturated heterocycles. The van der Waals surface area contributed by atoms with E-state index in [1.54, 1.807) is 50.2 Å². The number of nitrogens with zero attached hydrogens (tertiary/aromatic N) is 2. The molecule has 1 aliphatic carbocycles. The first-order valence-electron chi connectivity index (χ1n) is 13.6. The van der Waals surface area contributed by atoms with Crippen LogP contribution in [0, 0.1) is 13.8 Å². The molecule has 1 atom stereocenters. The SMILES string of the molecule is Cc1ccc(CN(C(=O)CN(c2cc(Cl)ccc2C)S(=O)(=O)c2ccccc2)[C@@H](C)C(=O)NC2CCCC2)cc1. The Labute approximate surface area is 242 Å². The van der Waals surface area contributed by atoms with Gasteiger partial charge in [-0.1, -0.05) is 78.5 Å². The van der Waals surface area contributed by atoms with Gasteiger partial charge in [0.2, 0.25) is 11.8 Å². The Morgan fingerprint density at radius 2 is 1.62 bits per heavy atom. The average molecular weight is 582 g/mol. The molecule has 4 rings (SSSR count). The zero-order valence-corrected chi connectivity index (χ0v) is 24.7. The van der Waals surface area contributed by atoms with Gasteiger partial charge in [0.05, 0.1) is 10.6 Å². The Bertz CT molecular complexity index is 1440. The third kappa shape index (κ3) is 7.04. The van der Waals surface area contributed by atoms with Crippen LogP contribution in [0.25, 0.3) is 0 Å². The second-order valence-corrected chi connectivity index (χ2v) is 12.7. The maximum Gasteiger partial charge on any atom is 0.264 e. The molecule has 7 nitrogen and oxygen atoms in total. The minimum Gasteiger partial charge on any atom is -0.352 e. The van der Waals surface area contributed by atoms with Crippen LogP contribution in [0.3, 0.4) is 0 Å². The van der Waals surface area contributed by atoms with Gasteiger partial charge in [0.25, 0.3) is 10.0 Å². The fourth-order valence-corrected chi connectivity index (χ4v) is 6.61. The van der Waals surface area contributed by atoms with Crippen molar-refractivity contribution >= 4 is 39.1 Å². The van der Waals surface area contributed by atoms with Gasteiger partial charge in [0, 0.05) is 17.6 Å². The lowest BCUT2D eigenvalue weighted by Crippen LogP contribution is -2.52. The average Bonchev–Trinajstić information content (AvgIpc) is 3.45. The molecular formula is C31H36ClN3O4S. The molecular weight excluding hydrogens is 546 g/mol. The standard InChI is InChI=1S/C31H36ClN3O4S/c1-22-13-16-25(17-14-22)20-34(24(3)31(37)33-27-9-7-8-10-27)30(36)21-35(29-19-26(32)18-15-23(29)2)40(38,39)28-11-5-4-6-12-28/h4-6,11-19,24,27H,7-10,20-21H2,1-3H3,(H,33,37)/t24-/m0/s1. The molecule has 212 valence electrons. The molecule has 3 aromatic rings. The summed E-state index contributed by atoms with van der Waals surface area (Å²) in [6, 6.07) is 19.9. The maximum absolute atomic E-state index is 14.1. The van der Waals surface area contributed by atoms with Crippen molar-refractivity contribution in [3.63, 3.8) is 0 Å². The van der Waals surface area contributed by atoms with Gasteiger partial charge in [-0.2, -0.15) is 0 Å². The molecule has 0 unspecified atom stereocenters. The number of benzene rings is 3. The zero-order chi connectivity index (χ0) is 28.9. The van der Waals surface area contributed by atoms with E-state index < -0.39 is 28.5 Å². The van der Waals surface area contributed by atoms with Crippen LogP contribution >= 0.6 is 11.6 Å². The highest BCUT2D eigenvalue weighted by atomic mass is 35.5. The summed E-state index contributed by atoms with van der Waals surface area (Å²) in [5.74, 6) is -0.739. The van der Waals surface area contributed by atoms with Crippen molar-refractivity contribution in [1.29, 1.82) is 0 Å². The number of anilines is 1. The van der Waals surface area contributed by atoms with E-state index >= 15 is 0 Å². The fourth-order valence-electron chi connectivity index (χ4n) is 4.95. The van der Waals surface area contributed by atoms with E-state index in [9.17, 15) is 18.0 Å². The number of halogens is 1. The highest BCUT2D eigenvalue weighted by Crippen LogP contribution is 2.30. The molecule has 3 aromatic carbocycles. The summed E-state index contributed by atoms with van der Waals surface area (Å²) in [6.07, 6.45) is 3.97. The van der Waals surface area contributed by atoms with Gasteiger partial charge in [0.1, 0.15) is 12.6 Å². The molecule has 40 heavy (non-hydrogen) atoms. The number of nitrogens with one attached hydrogen (secondary N) is 1. The Morgan fingerprint density at radius 1 is 0.975 bits per heavy atom. The highest BCUT2D eigenvalue weighted by Gasteiger charge is 2.34. The van der Waals surface area contributed by atoms with Crippen molar-refractivity contribution in [3.8, 4) is 0 Å². The molecule has 2 amide bonds. The molecule has 0 spiro atoms. The van der Waals surface area contributed by atoms with Crippen molar-refractivity contribution in [3.05, 3.63) is 94.5 Å². The highest BCUT2D eigenvalue weighted by molar-refractivity contribution is 7.92. The first kappa shape index (κ1) is 29.6. The predicted octanol–water partition coefficient (Wildman–Crippen LogP) is 5.63. The molecule has 1 fully saturated rings. The number of amides is 2. The Morgan fingerprint density at radius 3 is 2.27 bits per heavy atom. The monoisotopic (exact) mass is 581 g/mol. The molecule has 0 aliphatic heterocycles. The van der Waals surface area contributed by atoms with E-state index in [1.165, 1.54) is 17.0 Å². The molecule has 0 bridgehead atoms. The fraction of sp³-hybridized carbons (Fsp3) is 0.355. The zero-order valence-electron chi connectivity index (χ0n) is 23.1. The molecule has 9 heteroatoms. The largest absolute Gasteiger partial charge is 0.352 e. The van der Waals surface area contributed by atoms with Crippen LogP contribution in [0.4, 0.5) is 5.69 Å². The molecule has 0 heterocycles. The van der Waals surface area contributed by atoms with Crippen molar-refractivity contribution in [2.75, 3.05) is 10.8 Å². The third-order valence-electron chi connectivity index (χ3n) is 7.39. The third-order valence-corrected chi connectivity index (χ3v) is 9.40. The lowest BCUT2D eigenvalue weighted by atomic mass is 10.1. The van der Waals surface area contributed by atoms with Crippen LogP contribution in [0.2, 0.25) is 5.02 Å². The number of sulfonamides is 1. The summed E-state index contributed by atoms with van der Waals surface area (Å²) < 4.78 is 28.9. The number of carbonyl (C=O) groups is 2. The van der Waals surface area contributed by atoms with Gasteiger partial charge in [-0.3, -0.25) is 13.9 Å². The topological polar surface area (TPSA) is 86.8 Å². The van der Waals surface area contributed by atoms with E-state index in [1.807, 2.05) is 31.2 Å². The van der Waals surface area contributed by atoms with Crippen LogP contribution in [-0.2, 0) is 26.2 Å². The van der Waals surface area contributed by atoms with Crippen molar-refractivity contribution < 1.29 is 18.0 Å². The van der Waals surface area contributed by atoms with Gasteiger partial charge in [-0.25, -0.2) is 8.42 Å². The van der Waals surface area contributed by atoms with Gasteiger partial charge < -0.3 is 10.2 Å². The van der Waals surface area contributed by atoms with Crippen LogP contribution < -0.4 is 9.62 Å². The first-order chi connectivity index (χ1) is 19.1. The summed E-state index contributed by atoms with van der Waals surface area (Å²) in [5, 5.41) is 3.43. The number of rotatable bonds is 10. The minimum atomic E-state index is -4.14. The van der Waals surface area contributed by atoms with Gasteiger partial charge in [-0.15, -0.1) is 0 Å². The number of hydrogen-bond acceptors (Lipinski definition) is 4. The second kappa shape index (κ2) is 12.9. The van der Waals surface area contributed by atoms with Crippen molar-refractivity contribution in [2.45, 2.75) is 70.0 Å². The molecule has 0 aromatic heterocycles. The maximum atomic E-state index is 14.1. The number of hydrogen-bond donors (Lipinski definition) is 1. The quantitative estimate of drug-likeness (QED) is 0.336. The van der Waals surface area contributed by atoms with Crippen LogP contribution in [0.5, 0.6) is 0 Å². The Kier molecular flexibility index (Phi) is 9.53. The Balaban J connectivity index is 1.70. The van der Waals surface area contributed by atoms with Crippen molar-refractivity contribution in [1.82, 2.24) is 10.2 Å². The number of aryl methyl sites for hydroxylation is 2. The van der Waals surface area contributed by atoms with E-state index in [0.717, 1.165) is 41.1 Å². The van der Waals surface area contributed by atoms with Gasteiger partial charge in [0.15, 0.2) is 0 Å². The lowest BCUT2D eigenvalue weighted by molar-refractivity contribution is -0.139. The normalized spacial score (nSPS) is 14.5. The van der Waals surface area contributed by atoms with E-state index in [2.05, 4.69) is 5.32 Å². The van der Waals surface area contributed by atoms with E-state index in [4.69, 9.17) is 11.6 Å². The Hall–Kier alpha value is -3.36. The molecule has 1 aliphatic rings. The van der Waals surface area contributed by atoms with Gasteiger partial charge >= 0.3 is 0 Å². The lowest BCUT2D eigenvalue weighted by Gasteiger charge is -2.33.